The van der Waals surface area contributed by atoms with E-state index in [0.717, 1.165) is 11.1 Å². The number of halogens is 2. The maximum atomic E-state index is 12.2. The van der Waals surface area contributed by atoms with Gasteiger partial charge in [-0.3, -0.25) is 14.9 Å². The first-order chi connectivity index (χ1) is 12.5. The number of nitrogens with one attached hydrogen (secondary N) is 2. The zero-order chi connectivity index (χ0) is 18.5. The Morgan fingerprint density at radius 1 is 1.27 bits per heavy atom. The molecule has 3 aromatic rings. The number of aromatic nitrogens is 4. The highest BCUT2D eigenvalue weighted by atomic mass is 35.5. The lowest BCUT2D eigenvalue weighted by Crippen LogP contribution is -2.28. The second kappa shape index (κ2) is 8.53. The van der Waals surface area contributed by atoms with Crippen molar-refractivity contribution in [1.29, 1.82) is 0 Å². The van der Waals surface area contributed by atoms with Crippen LogP contribution in [-0.4, -0.2) is 31.8 Å². The van der Waals surface area contributed by atoms with Crippen LogP contribution < -0.4 is 5.32 Å². The Labute approximate surface area is 164 Å². The number of aromatic amines is 1. The quantitative estimate of drug-likeness (QED) is 0.599. The maximum absolute atomic E-state index is 12.2. The van der Waals surface area contributed by atoms with Crippen LogP contribution in [0, 0.1) is 0 Å². The normalized spacial score (nSPS) is 12.0. The van der Waals surface area contributed by atoms with Crippen molar-refractivity contribution in [2.24, 2.45) is 0 Å². The van der Waals surface area contributed by atoms with Crippen LogP contribution in [0.5, 0.6) is 0 Å². The van der Waals surface area contributed by atoms with Gasteiger partial charge in [0.15, 0.2) is 5.82 Å². The molecule has 9 heteroatoms. The van der Waals surface area contributed by atoms with Crippen molar-refractivity contribution in [3.63, 3.8) is 0 Å². The Kier molecular flexibility index (Phi) is 6.13. The van der Waals surface area contributed by atoms with Crippen molar-refractivity contribution in [2.75, 3.05) is 5.75 Å². The number of nitrogens with zero attached hydrogens (tertiary/aromatic N) is 3. The molecule has 0 saturated carbocycles. The summed E-state index contributed by atoms with van der Waals surface area (Å²) in [5.41, 5.74) is 1.70. The van der Waals surface area contributed by atoms with Crippen molar-refractivity contribution in [3.8, 4) is 11.4 Å². The Balaban J connectivity index is 1.55. The molecule has 0 saturated heterocycles. The minimum absolute atomic E-state index is 0.135. The molecule has 2 heterocycles. The smallest absolute Gasteiger partial charge is 0.230 e. The molecule has 0 aliphatic heterocycles. The third kappa shape index (κ3) is 4.75. The number of thioether (sulfide) groups is 1. The number of H-pyrrole nitrogens is 1. The molecule has 6 nitrogen and oxygen atoms in total. The van der Waals surface area contributed by atoms with Gasteiger partial charge in [0.2, 0.25) is 11.1 Å². The van der Waals surface area contributed by atoms with E-state index in [2.05, 4.69) is 25.5 Å². The highest BCUT2D eigenvalue weighted by Crippen LogP contribution is 2.26. The van der Waals surface area contributed by atoms with Gasteiger partial charge in [0.25, 0.3) is 0 Å². The van der Waals surface area contributed by atoms with Gasteiger partial charge < -0.3 is 5.32 Å². The monoisotopic (exact) mass is 407 g/mol. The lowest BCUT2D eigenvalue weighted by molar-refractivity contribution is -0.119. The molecule has 1 aromatic carbocycles. The average Bonchev–Trinajstić information content (AvgIpc) is 3.09. The summed E-state index contributed by atoms with van der Waals surface area (Å²) >= 11 is 13.3. The number of carbonyl (C=O) groups is 1. The fourth-order valence-corrected chi connectivity index (χ4v) is 3.48. The minimum atomic E-state index is -0.229. The predicted octanol–water partition coefficient (Wildman–Crippen LogP) is 4.14. The van der Waals surface area contributed by atoms with Gasteiger partial charge in [0.1, 0.15) is 0 Å². The average molecular weight is 408 g/mol. The molecule has 134 valence electrons. The van der Waals surface area contributed by atoms with E-state index >= 15 is 0 Å². The number of hydrogen-bond donors (Lipinski definition) is 2. The van der Waals surface area contributed by atoms with Crippen LogP contribution in [-0.2, 0) is 4.79 Å². The highest BCUT2D eigenvalue weighted by Gasteiger charge is 2.14. The van der Waals surface area contributed by atoms with Crippen molar-refractivity contribution >= 4 is 40.9 Å². The van der Waals surface area contributed by atoms with Crippen LogP contribution >= 0.6 is 35.0 Å². The van der Waals surface area contributed by atoms with E-state index in [1.54, 1.807) is 30.6 Å². The van der Waals surface area contributed by atoms with Crippen LogP contribution in [0.2, 0.25) is 10.0 Å². The van der Waals surface area contributed by atoms with Crippen molar-refractivity contribution in [3.05, 3.63) is 58.3 Å². The molecule has 0 spiro atoms. The SMILES string of the molecule is C[C@H](NC(=O)CSc1n[nH]c(-c2ccncc2)n1)c1ccc(Cl)cc1Cl. The van der Waals surface area contributed by atoms with Gasteiger partial charge in [-0.2, -0.15) is 0 Å². The number of carbonyl (C=O) groups excluding carboxylic acids is 1. The molecule has 0 unspecified atom stereocenters. The summed E-state index contributed by atoms with van der Waals surface area (Å²) < 4.78 is 0. The predicted molar refractivity (Wildman–Crippen MR) is 103 cm³/mol. The zero-order valence-corrected chi connectivity index (χ0v) is 16.1. The van der Waals surface area contributed by atoms with Gasteiger partial charge >= 0.3 is 0 Å². The first kappa shape index (κ1) is 18.7. The molecule has 0 aliphatic rings. The highest BCUT2D eigenvalue weighted by molar-refractivity contribution is 7.99. The molecule has 0 aliphatic carbocycles. The van der Waals surface area contributed by atoms with Crippen LogP contribution in [0.1, 0.15) is 18.5 Å². The summed E-state index contributed by atoms with van der Waals surface area (Å²) in [6.07, 6.45) is 3.36. The van der Waals surface area contributed by atoms with Gasteiger partial charge in [-0.25, -0.2) is 4.98 Å². The molecule has 0 bridgehead atoms. The number of rotatable bonds is 6. The van der Waals surface area contributed by atoms with E-state index in [9.17, 15) is 4.79 Å². The number of pyridine rings is 1. The molecule has 0 fully saturated rings. The van der Waals surface area contributed by atoms with Crippen LogP contribution in [0.25, 0.3) is 11.4 Å². The van der Waals surface area contributed by atoms with E-state index in [-0.39, 0.29) is 17.7 Å². The van der Waals surface area contributed by atoms with Crippen LogP contribution in [0.3, 0.4) is 0 Å². The van der Waals surface area contributed by atoms with Crippen molar-refractivity contribution in [1.82, 2.24) is 25.5 Å². The fourth-order valence-electron chi connectivity index (χ4n) is 2.29. The second-order valence-corrected chi connectivity index (χ2v) is 7.23. The number of amides is 1. The molecule has 2 N–H and O–H groups in total. The molecular formula is C17H15Cl2N5OS. The minimum Gasteiger partial charge on any atom is -0.349 e. The summed E-state index contributed by atoms with van der Waals surface area (Å²) in [5.74, 6) is 0.698. The number of benzene rings is 1. The first-order valence-electron chi connectivity index (χ1n) is 7.73. The number of hydrogen-bond acceptors (Lipinski definition) is 5. The third-order valence-electron chi connectivity index (χ3n) is 3.56. The summed E-state index contributed by atoms with van der Waals surface area (Å²) in [4.78, 5) is 20.5. The summed E-state index contributed by atoms with van der Waals surface area (Å²) in [5, 5.41) is 11.5. The maximum Gasteiger partial charge on any atom is 0.230 e. The fraction of sp³-hybridized carbons (Fsp3) is 0.176. The van der Waals surface area contributed by atoms with E-state index in [1.807, 2.05) is 19.1 Å². The van der Waals surface area contributed by atoms with Crippen molar-refractivity contribution in [2.45, 2.75) is 18.1 Å². The van der Waals surface area contributed by atoms with Gasteiger partial charge in [0, 0.05) is 28.0 Å². The van der Waals surface area contributed by atoms with Gasteiger partial charge in [-0.05, 0) is 36.8 Å². The third-order valence-corrected chi connectivity index (χ3v) is 4.97. The molecule has 26 heavy (non-hydrogen) atoms. The lowest BCUT2D eigenvalue weighted by atomic mass is 10.1. The molecular weight excluding hydrogens is 393 g/mol. The lowest BCUT2D eigenvalue weighted by Gasteiger charge is -2.15. The molecule has 3 rings (SSSR count). The van der Waals surface area contributed by atoms with E-state index in [1.165, 1.54) is 11.8 Å². The van der Waals surface area contributed by atoms with Crippen LogP contribution in [0.4, 0.5) is 0 Å². The summed E-state index contributed by atoms with van der Waals surface area (Å²) in [6.45, 7) is 1.87. The zero-order valence-electron chi connectivity index (χ0n) is 13.7. The Bertz CT molecular complexity index is 903. The van der Waals surface area contributed by atoms with E-state index in [0.29, 0.717) is 21.0 Å². The van der Waals surface area contributed by atoms with E-state index < -0.39 is 0 Å². The van der Waals surface area contributed by atoms with Gasteiger partial charge in [-0.1, -0.05) is 41.0 Å². The Hall–Kier alpha value is -2.09. The first-order valence-corrected chi connectivity index (χ1v) is 9.47. The Morgan fingerprint density at radius 2 is 2.04 bits per heavy atom. The van der Waals surface area contributed by atoms with Gasteiger partial charge in [0.05, 0.1) is 11.8 Å². The summed E-state index contributed by atoms with van der Waals surface area (Å²) in [7, 11) is 0. The topological polar surface area (TPSA) is 83.6 Å². The second-order valence-electron chi connectivity index (χ2n) is 5.45. The van der Waals surface area contributed by atoms with Crippen LogP contribution in [0.15, 0.2) is 47.9 Å². The largest absolute Gasteiger partial charge is 0.349 e. The Morgan fingerprint density at radius 3 is 2.77 bits per heavy atom. The van der Waals surface area contributed by atoms with Gasteiger partial charge in [-0.15, -0.1) is 5.10 Å². The van der Waals surface area contributed by atoms with E-state index in [4.69, 9.17) is 23.2 Å². The molecule has 1 amide bonds. The standard InChI is InChI=1S/C17H15Cl2N5OS/c1-10(13-3-2-12(18)8-14(13)19)21-15(25)9-26-17-22-16(23-24-17)11-4-6-20-7-5-11/h2-8,10H,9H2,1H3,(H,21,25)(H,22,23,24)/t10-/m0/s1. The summed E-state index contributed by atoms with van der Waals surface area (Å²) in [6, 6.07) is 8.64. The molecule has 0 radical (unpaired) electrons. The molecule has 2 aromatic heterocycles. The van der Waals surface area contributed by atoms with Crippen molar-refractivity contribution < 1.29 is 4.79 Å². The molecule has 1 atom stereocenters.